The Bertz CT molecular complexity index is 654. The summed E-state index contributed by atoms with van der Waals surface area (Å²) >= 11 is 3.56. The maximum absolute atomic E-state index is 5.34. The number of ether oxygens (including phenoxy) is 1. The number of aryl methyl sites for hydroxylation is 2. The fraction of sp³-hybridized carbons (Fsp3) is 0.333. The van der Waals surface area contributed by atoms with Gasteiger partial charge < -0.3 is 10.1 Å². The summed E-state index contributed by atoms with van der Waals surface area (Å²) in [6, 6.07) is 13.2. The lowest BCUT2D eigenvalue weighted by atomic mass is 9.87. The Balaban J connectivity index is 1.90. The van der Waals surface area contributed by atoms with E-state index in [1.807, 2.05) is 0 Å². The Hall–Kier alpha value is -1.48. The zero-order valence-corrected chi connectivity index (χ0v) is 14.0. The van der Waals surface area contributed by atoms with Gasteiger partial charge in [-0.1, -0.05) is 28.1 Å². The van der Waals surface area contributed by atoms with Crippen molar-refractivity contribution < 1.29 is 4.74 Å². The van der Waals surface area contributed by atoms with Crippen molar-refractivity contribution in [3.8, 4) is 5.75 Å². The fourth-order valence-electron chi connectivity index (χ4n) is 3.01. The van der Waals surface area contributed by atoms with Gasteiger partial charge in [0.15, 0.2) is 0 Å². The highest BCUT2D eigenvalue weighted by atomic mass is 79.9. The van der Waals surface area contributed by atoms with Gasteiger partial charge in [-0.15, -0.1) is 0 Å². The number of benzene rings is 2. The third-order valence-corrected chi connectivity index (χ3v) is 4.69. The molecule has 2 nitrogen and oxygen atoms in total. The number of anilines is 1. The molecule has 0 aliphatic heterocycles. The predicted octanol–water partition coefficient (Wildman–Crippen LogP) is 5.26. The van der Waals surface area contributed by atoms with Gasteiger partial charge in [-0.25, -0.2) is 0 Å². The molecule has 1 unspecified atom stereocenters. The number of hydrogen-bond acceptors (Lipinski definition) is 2. The molecular formula is C18H20BrNO. The molecule has 1 aliphatic carbocycles. The molecule has 0 saturated carbocycles. The van der Waals surface area contributed by atoms with Gasteiger partial charge in [0.25, 0.3) is 0 Å². The van der Waals surface area contributed by atoms with Crippen LogP contribution >= 0.6 is 15.9 Å². The molecule has 1 N–H and O–H groups in total. The molecule has 0 bridgehead atoms. The summed E-state index contributed by atoms with van der Waals surface area (Å²) in [5, 5.41) is 3.71. The second-order valence-electron chi connectivity index (χ2n) is 5.61. The first-order valence-electron chi connectivity index (χ1n) is 7.37. The summed E-state index contributed by atoms with van der Waals surface area (Å²) in [5.74, 6) is 0.952. The maximum atomic E-state index is 5.34. The first kappa shape index (κ1) is 14.5. The minimum Gasteiger partial charge on any atom is -0.497 e. The summed E-state index contributed by atoms with van der Waals surface area (Å²) < 4.78 is 6.45. The molecule has 21 heavy (non-hydrogen) atoms. The van der Waals surface area contributed by atoms with E-state index < -0.39 is 0 Å². The molecule has 0 fully saturated rings. The molecule has 0 saturated heterocycles. The van der Waals surface area contributed by atoms with Gasteiger partial charge in [0.1, 0.15) is 5.75 Å². The molecule has 2 aromatic rings. The standard InChI is InChI=1S/C18H20BrNO/c1-12-6-7-14(19)11-18(12)20-17-5-3-4-13-10-15(21-2)8-9-16(13)17/h6-11,17,20H,3-5H2,1-2H3. The van der Waals surface area contributed by atoms with Gasteiger partial charge in [-0.3, -0.25) is 0 Å². The lowest BCUT2D eigenvalue weighted by Gasteiger charge is -2.28. The van der Waals surface area contributed by atoms with E-state index in [0.29, 0.717) is 6.04 Å². The third-order valence-electron chi connectivity index (χ3n) is 4.19. The van der Waals surface area contributed by atoms with Gasteiger partial charge in [0.05, 0.1) is 13.2 Å². The molecule has 0 radical (unpaired) electrons. The number of hydrogen-bond donors (Lipinski definition) is 1. The van der Waals surface area contributed by atoms with Crippen LogP contribution in [0.1, 0.15) is 35.6 Å². The normalized spacial score (nSPS) is 17.2. The van der Waals surface area contributed by atoms with Crippen LogP contribution in [0.3, 0.4) is 0 Å². The lowest BCUT2D eigenvalue weighted by Crippen LogP contribution is -2.18. The maximum Gasteiger partial charge on any atom is 0.119 e. The Morgan fingerprint density at radius 1 is 1.19 bits per heavy atom. The smallest absolute Gasteiger partial charge is 0.119 e. The summed E-state index contributed by atoms with van der Waals surface area (Å²) in [5.41, 5.74) is 5.30. The van der Waals surface area contributed by atoms with Crippen LogP contribution in [-0.4, -0.2) is 7.11 Å². The monoisotopic (exact) mass is 345 g/mol. The second-order valence-corrected chi connectivity index (χ2v) is 6.53. The zero-order valence-electron chi connectivity index (χ0n) is 12.4. The van der Waals surface area contributed by atoms with E-state index in [-0.39, 0.29) is 0 Å². The van der Waals surface area contributed by atoms with Crippen LogP contribution in [0.5, 0.6) is 5.75 Å². The molecule has 110 valence electrons. The van der Waals surface area contributed by atoms with Crippen LogP contribution in [0.4, 0.5) is 5.69 Å². The summed E-state index contributed by atoms with van der Waals surface area (Å²) in [6.07, 6.45) is 3.53. The highest BCUT2D eigenvalue weighted by molar-refractivity contribution is 9.10. The average Bonchev–Trinajstić information content (AvgIpc) is 2.50. The Morgan fingerprint density at radius 3 is 2.86 bits per heavy atom. The molecule has 0 amide bonds. The fourth-order valence-corrected chi connectivity index (χ4v) is 3.37. The van der Waals surface area contributed by atoms with Crippen LogP contribution in [0, 0.1) is 6.92 Å². The van der Waals surface area contributed by atoms with Crippen molar-refractivity contribution in [1.82, 2.24) is 0 Å². The number of fused-ring (bicyclic) bond motifs is 1. The Kier molecular flexibility index (Phi) is 4.20. The van der Waals surface area contributed by atoms with Crippen LogP contribution in [0.2, 0.25) is 0 Å². The van der Waals surface area contributed by atoms with Crippen LogP contribution < -0.4 is 10.1 Å². The molecule has 2 aromatic carbocycles. The van der Waals surface area contributed by atoms with E-state index in [0.717, 1.165) is 16.6 Å². The third kappa shape index (κ3) is 3.08. The quantitative estimate of drug-likeness (QED) is 0.819. The number of methoxy groups -OCH3 is 1. The van der Waals surface area contributed by atoms with E-state index in [2.05, 4.69) is 64.6 Å². The minimum atomic E-state index is 0.382. The molecular weight excluding hydrogens is 326 g/mol. The van der Waals surface area contributed by atoms with Crippen molar-refractivity contribution in [3.05, 3.63) is 57.6 Å². The molecule has 1 aliphatic rings. The first-order chi connectivity index (χ1) is 10.2. The van der Waals surface area contributed by atoms with Gasteiger partial charge in [-0.2, -0.15) is 0 Å². The van der Waals surface area contributed by atoms with Crippen molar-refractivity contribution in [1.29, 1.82) is 0 Å². The molecule has 3 rings (SSSR count). The largest absolute Gasteiger partial charge is 0.497 e. The zero-order chi connectivity index (χ0) is 14.8. The highest BCUT2D eigenvalue weighted by Gasteiger charge is 2.21. The molecule has 3 heteroatoms. The van der Waals surface area contributed by atoms with Gasteiger partial charge in [0, 0.05) is 10.2 Å². The van der Waals surface area contributed by atoms with E-state index in [1.165, 1.54) is 35.2 Å². The van der Waals surface area contributed by atoms with Crippen molar-refractivity contribution in [2.45, 2.75) is 32.2 Å². The minimum absolute atomic E-state index is 0.382. The number of nitrogens with one attached hydrogen (secondary N) is 1. The van der Waals surface area contributed by atoms with E-state index in [1.54, 1.807) is 7.11 Å². The molecule has 1 atom stereocenters. The van der Waals surface area contributed by atoms with Crippen LogP contribution in [0.25, 0.3) is 0 Å². The highest BCUT2D eigenvalue weighted by Crippen LogP contribution is 2.35. The summed E-state index contributed by atoms with van der Waals surface area (Å²) in [6.45, 7) is 2.15. The van der Waals surface area contributed by atoms with Crippen molar-refractivity contribution in [2.75, 3.05) is 12.4 Å². The van der Waals surface area contributed by atoms with Crippen LogP contribution in [-0.2, 0) is 6.42 Å². The van der Waals surface area contributed by atoms with Crippen molar-refractivity contribution in [2.24, 2.45) is 0 Å². The van der Waals surface area contributed by atoms with E-state index >= 15 is 0 Å². The van der Waals surface area contributed by atoms with Crippen molar-refractivity contribution in [3.63, 3.8) is 0 Å². The molecule has 0 aromatic heterocycles. The van der Waals surface area contributed by atoms with Gasteiger partial charge in [0.2, 0.25) is 0 Å². The molecule has 0 spiro atoms. The average molecular weight is 346 g/mol. The van der Waals surface area contributed by atoms with Gasteiger partial charge >= 0.3 is 0 Å². The van der Waals surface area contributed by atoms with Crippen molar-refractivity contribution >= 4 is 21.6 Å². The number of rotatable bonds is 3. The van der Waals surface area contributed by atoms with E-state index in [4.69, 9.17) is 4.74 Å². The summed E-state index contributed by atoms with van der Waals surface area (Å²) in [4.78, 5) is 0. The predicted molar refractivity (Wildman–Crippen MR) is 91.2 cm³/mol. The summed E-state index contributed by atoms with van der Waals surface area (Å²) in [7, 11) is 1.73. The number of halogens is 1. The lowest BCUT2D eigenvalue weighted by molar-refractivity contribution is 0.413. The van der Waals surface area contributed by atoms with Crippen LogP contribution in [0.15, 0.2) is 40.9 Å². The molecule has 0 heterocycles. The van der Waals surface area contributed by atoms with Gasteiger partial charge in [-0.05, 0) is 67.1 Å². The Labute approximate surface area is 134 Å². The SMILES string of the molecule is COc1ccc2c(c1)CCCC2Nc1cc(Br)ccc1C. The topological polar surface area (TPSA) is 21.3 Å². The van der Waals surface area contributed by atoms with E-state index in [9.17, 15) is 0 Å². The second kappa shape index (κ2) is 6.10. The first-order valence-corrected chi connectivity index (χ1v) is 8.16. The Morgan fingerprint density at radius 2 is 2.05 bits per heavy atom.